The molecule has 7 heteroatoms. The van der Waals surface area contributed by atoms with Gasteiger partial charge >= 0.3 is 0 Å². The number of H-pyrrole nitrogens is 1. The number of nitrogens with zero attached hydrogens (tertiary/aromatic N) is 3. The fraction of sp³-hybridized carbons (Fsp3) is 0.450. The summed E-state index contributed by atoms with van der Waals surface area (Å²) < 4.78 is 0. The van der Waals surface area contributed by atoms with E-state index >= 15 is 0 Å². The van der Waals surface area contributed by atoms with E-state index in [0.29, 0.717) is 24.7 Å². The first-order valence-corrected chi connectivity index (χ1v) is 9.31. The summed E-state index contributed by atoms with van der Waals surface area (Å²) in [5.41, 5.74) is 2.67. The molecule has 2 fully saturated rings. The molecule has 1 aromatic carbocycles. The van der Waals surface area contributed by atoms with Crippen molar-refractivity contribution in [2.45, 2.75) is 25.8 Å². The maximum Gasteiger partial charge on any atom is 0.270 e. The van der Waals surface area contributed by atoms with Crippen molar-refractivity contribution in [2.75, 3.05) is 33.2 Å². The van der Waals surface area contributed by atoms with E-state index < -0.39 is 6.04 Å². The van der Waals surface area contributed by atoms with Gasteiger partial charge in [0.25, 0.3) is 5.91 Å². The molecule has 0 radical (unpaired) electrons. The number of aromatic nitrogens is 1. The number of hydrogen-bond donors (Lipinski definition) is 1. The molecule has 2 aliphatic rings. The Morgan fingerprint density at radius 3 is 2.70 bits per heavy atom. The lowest BCUT2D eigenvalue weighted by Gasteiger charge is -2.45. The summed E-state index contributed by atoms with van der Waals surface area (Å²) in [6.45, 7) is 5.45. The summed E-state index contributed by atoms with van der Waals surface area (Å²) in [5, 5.41) is 0.991. The van der Waals surface area contributed by atoms with Crippen molar-refractivity contribution in [3.05, 3.63) is 35.5 Å². The Kier molecular flexibility index (Phi) is 4.17. The summed E-state index contributed by atoms with van der Waals surface area (Å²) in [6, 6.07) is 7.46. The third kappa shape index (κ3) is 2.97. The molecule has 4 rings (SSSR count). The van der Waals surface area contributed by atoms with Gasteiger partial charge < -0.3 is 19.7 Å². The summed E-state index contributed by atoms with van der Waals surface area (Å²) in [6.07, 6.45) is 0. The third-order valence-electron chi connectivity index (χ3n) is 5.57. The van der Waals surface area contributed by atoms with Gasteiger partial charge in [-0.25, -0.2) is 0 Å². The molecule has 7 nitrogen and oxygen atoms in total. The van der Waals surface area contributed by atoms with Gasteiger partial charge in [0.2, 0.25) is 11.8 Å². The average molecular weight is 368 g/mol. The number of carbonyl (C=O) groups excluding carboxylic acids is 3. The van der Waals surface area contributed by atoms with Crippen LogP contribution in [0.4, 0.5) is 0 Å². The van der Waals surface area contributed by atoms with E-state index in [-0.39, 0.29) is 30.8 Å². The number of benzene rings is 1. The number of nitrogens with one attached hydrogen (secondary N) is 1. The SMILES string of the molecule is CC(C)c1ccc2cc(C(=O)N3CCN4C(=O)CN(C)C(=O)C4C3)[nH]c2c1. The molecule has 0 aliphatic carbocycles. The number of aromatic amines is 1. The summed E-state index contributed by atoms with van der Waals surface area (Å²) in [7, 11) is 1.63. The first kappa shape index (κ1) is 17.6. The molecular formula is C20H24N4O3. The predicted octanol–water partition coefficient (Wildman–Crippen LogP) is 1.42. The molecular weight excluding hydrogens is 344 g/mol. The molecule has 0 spiro atoms. The van der Waals surface area contributed by atoms with Crippen molar-refractivity contribution in [1.82, 2.24) is 19.7 Å². The molecule has 1 N–H and O–H groups in total. The Bertz CT molecular complexity index is 932. The zero-order chi connectivity index (χ0) is 19.3. The van der Waals surface area contributed by atoms with Crippen LogP contribution in [0.15, 0.2) is 24.3 Å². The summed E-state index contributed by atoms with van der Waals surface area (Å²) in [5.74, 6) is 0.119. The van der Waals surface area contributed by atoms with Crippen LogP contribution in [0, 0.1) is 0 Å². The number of carbonyl (C=O) groups is 3. The van der Waals surface area contributed by atoms with Gasteiger partial charge in [0.1, 0.15) is 11.7 Å². The predicted molar refractivity (Wildman–Crippen MR) is 101 cm³/mol. The number of fused-ring (bicyclic) bond motifs is 2. The zero-order valence-corrected chi connectivity index (χ0v) is 15.9. The molecule has 1 unspecified atom stereocenters. The number of rotatable bonds is 2. The minimum absolute atomic E-state index is 0.0546. The minimum Gasteiger partial charge on any atom is -0.351 e. The number of piperazine rings is 2. The van der Waals surface area contributed by atoms with Crippen LogP contribution in [0.3, 0.4) is 0 Å². The van der Waals surface area contributed by atoms with Crippen LogP contribution < -0.4 is 0 Å². The Hall–Kier alpha value is -2.83. The maximum absolute atomic E-state index is 13.0. The smallest absolute Gasteiger partial charge is 0.270 e. The van der Waals surface area contributed by atoms with E-state index in [0.717, 1.165) is 10.9 Å². The second-order valence-electron chi connectivity index (χ2n) is 7.73. The van der Waals surface area contributed by atoms with Crippen molar-refractivity contribution >= 4 is 28.6 Å². The van der Waals surface area contributed by atoms with Gasteiger partial charge in [-0.15, -0.1) is 0 Å². The highest BCUT2D eigenvalue weighted by molar-refractivity contribution is 6.00. The number of likely N-dealkylation sites (N-methyl/N-ethyl adjacent to an activating group) is 1. The molecule has 3 amide bonds. The average Bonchev–Trinajstić information content (AvgIpc) is 3.08. The van der Waals surface area contributed by atoms with Crippen molar-refractivity contribution in [1.29, 1.82) is 0 Å². The van der Waals surface area contributed by atoms with Crippen molar-refractivity contribution in [3.63, 3.8) is 0 Å². The monoisotopic (exact) mass is 368 g/mol. The Morgan fingerprint density at radius 2 is 1.96 bits per heavy atom. The highest BCUT2D eigenvalue weighted by Crippen LogP contribution is 2.24. The van der Waals surface area contributed by atoms with Gasteiger partial charge in [0, 0.05) is 31.0 Å². The molecule has 1 atom stereocenters. The van der Waals surface area contributed by atoms with E-state index in [1.54, 1.807) is 16.8 Å². The highest BCUT2D eigenvalue weighted by Gasteiger charge is 2.42. The van der Waals surface area contributed by atoms with Crippen LogP contribution in [0.25, 0.3) is 10.9 Å². The standard InChI is InChI=1S/C20H24N4O3/c1-12(2)13-4-5-14-9-16(21-15(14)8-13)19(26)23-6-7-24-17(10-23)20(27)22(3)11-18(24)25/h4-5,8-9,12,17,21H,6-7,10-11H2,1-3H3. The van der Waals surface area contributed by atoms with Crippen LogP contribution in [0.2, 0.25) is 0 Å². The normalized spacial score (nSPS) is 20.6. The topological polar surface area (TPSA) is 76.7 Å². The van der Waals surface area contributed by atoms with E-state index in [9.17, 15) is 14.4 Å². The highest BCUT2D eigenvalue weighted by atomic mass is 16.2. The third-order valence-corrected chi connectivity index (χ3v) is 5.57. The number of amides is 3. The van der Waals surface area contributed by atoms with Gasteiger partial charge in [0.05, 0.1) is 13.1 Å². The fourth-order valence-corrected chi connectivity index (χ4v) is 3.89. The van der Waals surface area contributed by atoms with Crippen molar-refractivity contribution in [2.24, 2.45) is 0 Å². The lowest BCUT2D eigenvalue weighted by molar-refractivity contribution is -0.157. The lowest BCUT2D eigenvalue weighted by atomic mass is 10.0. The summed E-state index contributed by atoms with van der Waals surface area (Å²) >= 11 is 0. The van der Waals surface area contributed by atoms with E-state index in [1.165, 1.54) is 10.5 Å². The molecule has 1 aromatic heterocycles. The molecule has 3 heterocycles. The van der Waals surface area contributed by atoms with Crippen LogP contribution in [-0.2, 0) is 9.59 Å². The van der Waals surface area contributed by atoms with Crippen molar-refractivity contribution < 1.29 is 14.4 Å². The van der Waals surface area contributed by atoms with E-state index in [4.69, 9.17) is 0 Å². The second-order valence-corrected chi connectivity index (χ2v) is 7.73. The van der Waals surface area contributed by atoms with Gasteiger partial charge in [-0.3, -0.25) is 14.4 Å². The van der Waals surface area contributed by atoms with Crippen LogP contribution in [0.5, 0.6) is 0 Å². The molecule has 2 aliphatic heterocycles. The minimum atomic E-state index is -0.578. The molecule has 2 aromatic rings. The molecule has 0 saturated carbocycles. The van der Waals surface area contributed by atoms with E-state index in [1.807, 2.05) is 12.1 Å². The first-order chi connectivity index (χ1) is 12.8. The second kappa shape index (κ2) is 6.40. The Labute approximate surface area is 157 Å². The van der Waals surface area contributed by atoms with Gasteiger partial charge in [-0.05, 0) is 23.6 Å². The zero-order valence-electron chi connectivity index (χ0n) is 15.9. The molecule has 0 bridgehead atoms. The Balaban J connectivity index is 1.57. The quantitative estimate of drug-likeness (QED) is 0.871. The fourth-order valence-electron chi connectivity index (χ4n) is 3.89. The van der Waals surface area contributed by atoms with Crippen LogP contribution in [-0.4, -0.2) is 76.7 Å². The lowest BCUT2D eigenvalue weighted by Crippen LogP contribution is -2.66. The Morgan fingerprint density at radius 1 is 1.19 bits per heavy atom. The van der Waals surface area contributed by atoms with Crippen LogP contribution in [0.1, 0.15) is 35.8 Å². The first-order valence-electron chi connectivity index (χ1n) is 9.31. The van der Waals surface area contributed by atoms with Crippen LogP contribution >= 0.6 is 0 Å². The largest absolute Gasteiger partial charge is 0.351 e. The molecule has 2 saturated heterocycles. The molecule has 142 valence electrons. The molecule has 27 heavy (non-hydrogen) atoms. The van der Waals surface area contributed by atoms with Gasteiger partial charge in [-0.1, -0.05) is 26.0 Å². The number of hydrogen-bond acceptors (Lipinski definition) is 3. The van der Waals surface area contributed by atoms with Crippen molar-refractivity contribution in [3.8, 4) is 0 Å². The summed E-state index contributed by atoms with van der Waals surface area (Å²) in [4.78, 5) is 45.5. The van der Waals surface area contributed by atoms with Gasteiger partial charge in [0.15, 0.2) is 0 Å². The maximum atomic E-state index is 13.0. The van der Waals surface area contributed by atoms with Gasteiger partial charge in [-0.2, -0.15) is 0 Å². The van der Waals surface area contributed by atoms with E-state index in [2.05, 4.69) is 31.0 Å².